The van der Waals surface area contributed by atoms with E-state index in [1.54, 1.807) is 7.05 Å². The van der Waals surface area contributed by atoms with E-state index in [1.165, 1.54) is 16.4 Å². The molecule has 3 rings (SSSR count). The third-order valence-electron chi connectivity index (χ3n) is 3.29. The number of benzene rings is 1. The van der Waals surface area contributed by atoms with Gasteiger partial charge in [-0.05, 0) is 6.07 Å². The van der Waals surface area contributed by atoms with Crippen LogP contribution < -0.4 is 21.6 Å². The van der Waals surface area contributed by atoms with Crippen LogP contribution in [0.15, 0.2) is 39.0 Å². The highest BCUT2D eigenvalue weighted by Gasteiger charge is 2.29. The Kier molecular flexibility index (Phi) is 3.56. The van der Waals surface area contributed by atoms with Crippen molar-refractivity contribution in [2.75, 3.05) is 6.61 Å². The highest BCUT2D eigenvalue weighted by molar-refractivity contribution is 7.99. The van der Waals surface area contributed by atoms with Crippen LogP contribution in [0.1, 0.15) is 11.6 Å². The van der Waals surface area contributed by atoms with Gasteiger partial charge in [0.05, 0.1) is 5.25 Å². The lowest BCUT2D eigenvalue weighted by molar-refractivity contribution is 0.275. The first kappa shape index (κ1) is 13.9. The maximum absolute atomic E-state index is 11.4. The van der Waals surface area contributed by atoms with E-state index >= 15 is 0 Å². The number of nitrogens with one attached hydrogen (secondary N) is 1. The lowest BCUT2D eigenvalue weighted by Gasteiger charge is -2.30. The third-order valence-corrected chi connectivity index (χ3v) is 4.59. The van der Waals surface area contributed by atoms with E-state index in [0.717, 1.165) is 11.3 Å². The molecule has 2 heterocycles. The first-order chi connectivity index (χ1) is 10.1. The quantitative estimate of drug-likeness (QED) is 0.758. The number of aryl methyl sites for hydroxylation is 1. The monoisotopic (exact) mass is 306 g/mol. The first-order valence-corrected chi connectivity index (χ1v) is 7.25. The van der Waals surface area contributed by atoms with Crippen LogP contribution >= 0.6 is 11.8 Å². The second kappa shape index (κ2) is 5.38. The van der Waals surface area contributed by atoms with Crippen LogP contribution in [0, 0.1) is 0 Å². The van der Waals surface area contributed by atoms with Crippen molar-refractivity contribution in [2.45, 2.75) is 16.4 Å². The summed E-state index contributed by atoms with van der Waals surface area (Å²) >= 11 is 1.32. The zero-order valence-electron chi connectivity index (χ0n) is 11.3. The van der Waals surface area contributed by atoms with Gasteiger partial charge in [-0.3, -0.25) is 19.4 Å². The number of thioether (sulfide) groups is 1. The van der Waals surface area contributed by atoms with Crippen LogP contribution in [0.4, 0.5) is 0 Å². The van der Waals surface area contributed by atoms with E-state index in [4.69, 9.17) is 10.5 Å². The van der Waals surface area contributed by atoms with Crippen LogP contribution in [0.3, 0.4) is 0 Å². The fraction of sp³-hybridized carbons (Fsp3) is 0.308. The summed E-state index contributed by atoms with van der Waals surface area (Å²) in [6.07, 6.45) is 0. The van der Waals surface area contributed by atoms with Crippen molar-refractivity contribution in [3.05, 3.63) is 50.5 Å². The molecule has 2 unspecified atom stereocenters. The van der Waals surface area contributed by atoms with E-state index in [9.17, 15) is 9.59 Å². The van der Waals surface area contributed by atoms with Crippen molar-refractivity contribution >= 4 is 11.8 Å². The van der Waals surface area contributed by atoms with Crippen LogP contribution in [-0.4, -0.2) is 26.6 Å². The van der Waals surface area contributed by atoms with Crippen LogP contribution in [0.5, 0.6) is 5.75 Å². The predicted octanol–water partition coefficient (Wildman–Crippen LogP) is 0.0217. The molecule has 21 heavy (non-hydrogen) atoms. The number of aromatic amines is 1. The van der Waals surface area contributed by atoms with Gasteiger partial charge in [-0.2, -0.15) is 4.98 Å². The van der Waals surface area contributed by atoms with Gasteiger partial charge in [-0.1, -0.05) is 30.0 Å². The van der Waals surface area contributed by atoms with Crippen molar-refractivity contribution in [1.82, 2.24) is 14.8 Å². The number of para-hydroxylation sites is 1. The SMILES string of the molecule is Cn1[nH]c(=O)c(=O)nc1SC1COc2ccccc2C1N. The first-order valence-electron chi connectivity index (χ1n) is 6.37. The van der Waals surface area contributed by atoms with Gasteiger partial charge in [0, 0.05) is 18.7 Å². The topological polar surface area (TPSA) is 103 Å². The Morgan fingerprint density at radius 2 is 2.19 bits per heavy atom. The lowest BCUT2D eigenvalue weighted by atomic mass is 10.0. The molecule has 0 spiro atoms. The summed E-state index contributed by atoms with van der Waals surface area (Å²) in [5.74, 6) is 0.783. The van der Waals surface area contributed by atoms with Gasteiger partial charge in [0.25, 0.3) is 0 Å². The zero-order chi connectivity index (χ0) is 15.0. The summed E-state index contributed by atoms with van der Waals surface area (Å²) in [6, 6.07) is 7.37. The molecular weight excluding hydrogens is 292 g/mol. The van der Waals surface area contributed by atoms with Gasteiger partial charge in [0.1, 0.15) is 12.4 Å². The fourth-order valence-corrected chi connectivity index (χ4v) is 3.21. The van der Waals surface area contributed by atoms with Gasteiger partial charge in [-0.25, -0.2) is 0 Å². The summed E-state index contributed by atoms with van der Waals surface area (Å²) < 4.78 is 7.10. The average Bonchev–Trinajstić information content (AvgIpc) is 2.48. The lowest BCUT2D eigenvalue weighted by Crippen LogP contribution is -2.37. The average molecular weight is 306 g/mol. The number of ether oxygens (including phenoxy) is 1. The molecule has 1 aromatic heterocycles. The van der Waals surface area contributed by atoms with E-state index in [0.29, 0.717) is 11.8 Å². The van der Waals surface area contributed by atoms with Crippen LogP contribution in [0.2, 0.25) is 0 Å². The Bertz CT molecular complexity index is 785. The molecule has 110 valence electrons. The number of hydrogen-bond donors (Lipinski definition) is 2. The number of H-pyrrole nitrogens is 1. The summed E-state index contributed by atoms with van der Waals surface area (Å²) in [4.78, 5) is 26.3. The van der Waals surface area contributed by atoms with Gasteiger partial charge in [0.2, 0.25) is 0 Å². The summed E-state index contributed by atoms with van der Waals surface area (Å²) in [5.41, 5.74) is 5.65. The van der Waals surface area contributed by atoms with E-state index in [2.05, 4.69) is 10.1 Å². The molecule has 0 saturated heterocycles. The minimum absolute atomic E-state index is 0.0936. The second-order valence-corrected chi connectivity index (χ2v) is 5.94. The van der Waals surface area contributed by atoms with Crippen molar-refractivity contribution in [3.8, 4) is 5.75 Å². The molecule has 8 heteroatoms. The van der Waals surface area contributed by atoms with E-state index in [1.807, 2.05) is 24.3 Å². The van der Waals surface area contributed by atoms with Gasteiger partial charge >= 0.3 is 11.1 Å². The summed E-state index contributed by atoms with van der Waals surface area (Å²) in [5, 5.41) is 2.73. The maximum atomic E-state index is 11.4. The molecule has 0 fully saturated rings. The number of nitrogens with zero attached hydrogens (tertiary/aromatic N) is 2. The molecule has 2 aromatic rings. The standard InChI is InChI=1S/C13H14N4O3S/c1-17-13(15-11(18)12(19)16-17)21-9-6-20-8-5-3-2-4-7(8)10(9)14/h2-5,9-10H,6,14H2,1H3,(H,16,19). The Labute approximate surface area is 124 Å². The Morgan fingerprint density at radius 3 is 3.00 bits per heavy atom. The molecule has 7 nitrogen and oxygen atoms in total. The van der Waals surface area contributed by atoms with Crippen LogP contribution in [-0.2, 0) is 7.05 Å². The smallest absolute Gasteiger partial charge is 0.339 e. The molecule has 0 saturated carbocycles. The normalized spacial score (nSPS) is 20.7. The Balaban J connectivity index is 1.89. The molecule has 1 aliphatic heterocycles. The predicted molar refractivity (Wildman–Crippen MR) is 78.6 cm³/mol. The number of nitrogens with two attached hydrogens (primary N) is 1. The molecule has 0 radical (unpaired) electrons. The van der Waals surface area contributed by atoms with E-state index in [-0.39, 0.29) is 11.3 Å². The molecule has 0 amide bonds. The van der Waals surface area contributed by atoms with Crippen molar-refractivity contribution < 1.29 is 4.74 Å². The van der Waals surface area contributed by atoms with Crippen molar-refractivity contribution in [3.63, 3.8) is 0 Å². The largest absolute Gasteiger partial charge is 0.492 e. The number of fused-ring (bicyclic) bond motifs is 1. The summed E-state index contributed by atoms with van der Waals surface area (Å²) in [6.45, 7) is 0.415. The second-order valence-electron chi connectivity index (χ2n) is 4.73. The molecule has 0 bridgehead atoms. The fourth-order valence-electron chi connectivity index (χ4n) is 2.17. The van der Waals surface area contributed by atoms with Gasteiger partial charge in [0.15, 0.2) is 5.16 Å². The van der Waals surface area contributed by atoms with Crippen molar-refractivity contribution in [1.29, 1.82) is 0 Å². The number of rotatable bonds is 2. The maximum Gasteiger partial charge on any atom is 0.339 e. The Morgan fingerprint density at radius 1 is 1.43 bits per heavy atom. The van der Waals surface area contributed by atoms with Gasteiger partial charge < -0.3 is 10.5 Å². The molecule has 1 aliphatic rings. The molecular formula is C13H14N4O3S. The third kappa shape index (κ3) is 2.59. The number of hydrogen-bond acceptors (Lipinski definition) is 6. The zero-order valence-corrected chi connectivity index (χ0v) is 12.1. The minimum atomic E-state index is -0.804. The van der Waals surface area contributed by atoms with Gasteiger partial charge in [-0.15, -0.1) is 0 Å². The minimum Gasteiger partial charge on any atom is -0.492 e. The molecule has 3 N–H and O–H groups in total. The molecule has 0 aliphatic carbocycles. The van der Waals surface area contributed by atoms with Crippen LogP contribution in [0.25, 0.3) is 0 Å². The Hall–Kier alpha value is -2.06. The van der Waals surface area contributed by atoms with Crippen molar-refractivity contribution in [2.24, 2.45) is 12.8 Å². The highest BCUT2D eigenvalue weighted by atomic mass is 32.2. The highest BCUT2D eigenvalue weighted by Crippen LogP contribution is 2.37. The molecule has 1 aromatic carbocycles. The molecule has 2 atom stereocenters. The number of aromatic nitrogens is 3. The summed E-state index contributed by atoms with van der Waals surface area (Å²) in [7, 11) is 1.62. The van der Waals surface area contributed by atoms with E-state index < -0.39 is 11.1 Å².